The second kappa shape index (κ2) is 5.65. The average molecular weight is 309 g/mol. The first-order chi connectivity index (χ1) is 10.7. The summed E-state index contributed by atoms with van der Waals surface area (Å²) >= 11 is 0. The Kier molecular flexibility index (Phi) is 4.07. The number of hydrogen-bond donors (Lipinski definition) is 0. The monoisotopic (exact) mass is 308 g/mol. The highest BCUT2D eigenvalue weighted by molar-refractivity contribution is 5.90. The topological polar surface area (TPSA) is 0 Å². The highest BCUT2D eigenvalue weighted by atomic mass is 14.3. The van der Waals surface area contributed by atoms with E-state index in [0.29, 0.717) is 5.41 Å². The Bertz CT molecular complexity index is 703. The molecule has 1 saturated carbocycles. The van der Waals surface area contributed by atoms with E-state index in [9.17, 15) is 0 Å². The summed E-state index contributed by atoms with van der Waals surface area (Å²) in [7, 11) is 0. The molecular formula is C23H32. The third kappa shape index (κ3) is 3.18. The lowest BCUT2D eigenvalue weighted by molar-refractivity contribution is 0.225. The Labute approximate surface area is 142 Å². The van der Waals surface area contributed by atoms with Gasteiger partial charge in [-0.05, 0) is 76.8 Å². The van der Waals surface area contributed by atoms with Crippen molar-refractivity contribution in [2.75, 3.05) is 0 Å². The molecule has 1 fully saturated rings. The van der Waals surface area contributed by atoms with Gasteiger partial charge in [0.2, 0.25) is 0 Å². The molecule has 0 heteroatoms. The summed E-state index contributed by atoms with van der Waals surface area (Å²) in [5, 5.41) is 2.95. The van der Waals surface area contributed by atoms with Gasteiger partial charge < -0.3 is 0 Å². The first-order valence-corrected chi connectivity index (χ1v) is 9.22. The van der Waals surface area contributed by atoms with Gasteiger partial charge in [0.15, 0.2) is 0 Å². The SMILES string of the molecule is Cc1c(C(C)(C)C)cc(C2CCC(C)(C)CC2)c2ccccc12. The minimum Gasteiger partial charge on any atom is -0.0616 e. The summed E-state index contributed by atoms with van der Waals surface area (Å²) < 4.78 is 0. The Hall–Kier alpha value is -1.30. The van der Waals surface area contributed by atoms with Gasteiger partial charge in [-0.25, -0.2) is 0 Å². The third-order valence-electron chi connectivity index (χ3n) is 5.93. The maximum absolute atomic E-state index is 2.54. The molecule has 0 amide bonds. The zero-order valence-corrected chi connectivity index (χ0v) is 15.8. The van der Waals surface area contributed by atoms with Gasteiger partial charge in [0.05, 0.1) is 0 Å². The molecule has 0 aromatic heterocycles. The summed E-state index contributed by atoms with van der Waals surface area (Å²) in [5.74, 6) is 0.731. The number of hydrogen-bond acceptors (Lipinski definition) is 0. The summed E-state index contributed by atoms with van der Waals surface area (Å²) in [5.41, 5.74) is 5.33. The molecule has 0 unspecified atom stereocenters. The Morgan fingerprint density at radius 1 is 0.957 bits per heavy atom. The maximum atomic E-state index is 2.54. The first-order valence-electron chi connectivity index (χ1n) is 9.22. The van der Waals surface area contributed by atoms with Crippen LogP contribution in [0.15, 0.2) is 30.3 Å². The van der Waals surface area contributed by atoms with Crippen molar-refractivity contribution in [1.29, 1.82) is 0 Å². The normalized spacial score (nSPS) is 19.2. The fraction of sp³-hybridized carbons (Fsp3) is 0.565. The predicted molar refractivity (Wildman–Crippen MR) is 102 cm³/mol. The molecule has 124 valence electrons. The summed E-state index contributed by atoms with van der Waals surface area (Å²) in [6.45, 7) is 14.2. The highest BCUT2D eigenvalue weighted by Gasteiger charge is 2.29. The number of aryl methyl sites for hydroxylation is 1. The zero-order valence-electron chi connectivity index (χ0n) is 15.8. The molecule has 0 spiro atoms. The van der Waals surface area contributed by atoms with Crippen molar-refractivity contribution < 1.29 is 0 Å². The molecule has 0 N–H and O–H groups in total. The molecule has 0 atom stereocenters. The van der Waals surface area contributed by atoms with Crippen LogP contribution in [0.4, 0.5) is 0 Å². The van der Waals surface area contributed by atoms with Gasteiger partial charge in [-0.1, -0.05) is 65.0 Å². The van der Waals surface area contributed by atoms with Crippen LogP contribution in [0.25, 0.3) is 10.8 Å². The predicted octanol–water partition coefficient (Wildman–Crippen LogP) is 7.13. The third-order valence-corrected chi connectivity index (χ3v) is 5.93. The maximum Gasteiger partial charge on any atom is -0.0129 e. The lowest BCUT2D eigenvalue weighted by Crippen LogP contribution is -2.21. The molecule has 0 radical (unpaired) electrons. The van der Waals surface area contributed by atoms with Crippen molar-refractivity contribution in [3.05, 3.63) is 47.0 Å². The summed E-state index contributed by atoms with van der Waals surface area (Å²) in [6.07, 6.45) is 5.38. The van der Waals surface area contributed by atoms with E-state index >= 15 is 0 Å². The molecule has 2 aromatic carbocycles. The zero-order chi connectivity index (χ0) is 16.8. The fourth-order valence-corrected chi connectivity index (χ4v) is 4.38. The van der Waals surface area contributed by atoms with E-state index in [0.717, 1.165) is 5.92 Å². The number of benzene rings is 2. The number of rotatable bonds is 1. The molecular weight excluding hydrogens is 276 g/mol. The quantitative estimate of drug-likeness (QED) is 0.525. The lowest BCUT2D eigenvalue weighted by Gasteiger charge is -2.36. The molecule has 0 bridgehead atoms. The van der Waals surface area contributed by atoms with E-state index in [1.807, 2.05) is 0 Å². The van der Waals surface area contributed by atoms with Crippen LogP contribution in [0.2, 0.25) is 0 Å². The van der Waals surface area contributed by atoms with E-state index in [2.05, 4.69) is 71.9 Å². The van der Waals surface area contributed by atoms with Crippen molar-refractivity contribution in [2.45, 2.75) is 78.6 Å². The Morgan fingerprint density at radius 3 is 2.09 bits per heavy atom. The average Bonchev–Trinajstić information content (AvgIpc) is 2.47. The van der Waals surface area contributed by atoms with Gasteiger partial charge in [-0.3, -0.25) is 0 Å². The van der Waals surface area contributed by atoms with Crippen LogP contribution in [0, 0.1) is 12.3 Å². The fourth-order valence-electron chi connectivity index (χ4n) is 4.38. The molecule has 23 heavy (non-hydrogen) atoms. The van der Waals surface area contributed by atoms with Crippen LogP contribution in [-0.2, 0) is 5.41 Å². The summed E-state index contributed by atoms with van der Waals surface area (Å²) in [4.78, 5) is 0. The molecule has 0 saturated heterocycles. The largest absolute Gasteiger partial charge is 0.0616 e. The van der Waals surface area contributed by atoms with Gasteiger partial charge >= 0.3 is 0 Å². The van der Waals surface area contributed by atoms with Crippen LogP contribution >= 0.6 is 0 Å². The standard InChI is InChI=1S/C23H32/c1-16-18-9-7-8-10-19(18)20(15-21(16)22(2,3)4)17-11-13-23(5,6)14-12-17/h7-10,15,17H,11-14H2,1-6H3. The minimum absolute atomic E-state index is 0.205. The van der Waals surface area contributed by atoms with Crippen molar-refractivity contribution in [1.82, 2.24) is 0 Å². The summed E-state index contributed by atoms with van der Waals surface area (Å²) in [6, 6.07) is 11.6. The van der Waals surface area contributed by atoms with Crippen LogP contribution in [0.1, 0.15) is 82.9 Å². The lowest BCUT2D eigenvalue weighted by atomic mass is 9.69. The molecule has 1 aliphatic carbocycles. The molecule has 0 heterocycles. The Balaban J connectivity index is 2.14. The molecule has 2 aromatic rings. The van der Waals surface area contributed by atoms with E-state index < -0.39 is 0 Å². The van der Waals surface area contributed by atoms with Gasteiger partial charge in [0.1, 0.15) is 0 Å². The minimum atomic E-state index is 0.205. The smallest absolute Gasteiger partial charge is 0.0129 e. The van der Waals surface area contributed by atoms with Crippen LogP contribution < -0.4 is 0 Å². The second-order valence-electron chi connectivity index (χ2n) is 9.37. The van der Waals surface area contributed by atoms with Crippen molar-refractivity contribution in [3.63, 3.8) is 0 Å². The Morgan fingerprint density at radius 2 is 1.52 bits per heavy atom. The van der Waals surface area contributed by atoms with Gasteiger partial charge in [0, 0.05) is 0 Å². The molecule has 3 rings (SSSR count). The van der Waals surface area contributed by atoms with Crippen molar-refractivity contribution in [2.24, 2.45) is 5.41 Å². The van der Waals surface area contributed by atoms with Gasteiger partial charge in [-0.15, -0.1) is 0 Å². The van der Waals surface area contributed by atoms with Crippen molar-refractivity contribution >= 4 is 10.8 Å². The number of fused-ring (bicyclic) bond motifs is 1. The van der Waals surface area contributed by atoms with E-state index in [1.54, 1.807) is 5.56 Å². The molecule has 0 aliphatic heterocycles. The second-order valence-corrected chi connectivity index (χ2v) is 9.37. The van der Waals surface area contributed by atoms with Crippen molar-refractivity contribution in [3.8, 4) is 0 Å². The highest BCUT2D eigenvalue weighted by Crippen LogP contribution is 2.45. The van der Waals surface area contributed by atoms with Gasteiger partial charge in [-0.2, -0.15) is 0 Å². The van der Waals surface area contributed by atoms with Gasteiger partial charge in [0.25, 0.3) is 0 Å². The molecule has 0 nitrogen and oxygen atoms in total. The van der Waals surface area contributed by atoms with Crippen LogP contribution in [0.5, 0.6) is 0 Å². The van der Waals surface area contributed by atoms with Crippen LogP contribution in [0.3, 0.4) is 0 Å². The van der Waals surface area contributed by atoms with E-state index in [-0.39, 0.29) is 5.41 Å². The first kappa shape index (κ1) is 16.6. The van der Waals surface area contributed by atoms with E-state index in [4.69, 9.17) is 0 Å². The molecule has 1 aliphatic rings. The van der Waals surface area contributed by atoms with E-state index in [1.165, 1.54) is 47.6 Å². The van der Waals surface area contributed by atoms with Crippen LogP contribution in [-0.4, -0.2) is 0 Å².